The Hall–Kier alpha value is -1.69. The molecule has 2 atom stereocenters. The molecule has 6 heteroatoms. The number of hydrogen-bond donors (Lipinski definition) is 1. The Morgan fingerprint density at radius 2 is 2.32 bits per heavy atom. The molecule has 2 rings (SSSR count). The highest BCUT2D eigenvalue weighted by Gasteiger charge is 2.25. The van der Waals surface area contributed by atoms with Crippen molar-refractivity contribution in [1.82, 2.24) is 15.3 Å². The van der Waals surface area contributed by atoms with Crippen LogP contribution in [0.2, 0.25) is 0 Å². The van der Waals surface area contributed by atoms with Crippen LogP contribution in [0, 0.1) is 0 Å². The molecule has 6 nitrogen and oxygen atoms in total. The summed E-state index contributed by atoms with van der Waals surface area (Å²) in [5.41, 5.74) is 0.237. The van der Waals surface area contributed by atoms with Crippen LogP contribution in [0.25, 0.3) is 0 Å². The van der Waals surface area contributed by atoms with E-state index in [4.69, 9.17) is 0 Å². The van der Waals surface area contributed by atoms with Crippen LogP contribution in [0.1, 0.15) is 30.8 Å². The average molecular weight is 264 g/mol. The first kappa shape index (κ1) is 13.7. The summed E-state index contributed by atoms with van der Waals surface area (Å²) in [5.74, 6) is 0.346. The second-order valence-electron chi connectivity index (χ2n) is 4.77. The molecule has 0 aliphatic carbocycles. The Balaban J connectivity index is 2.14. The van der Waals surface area contributed by atoms with Gasteiger partial charge < -0.3 is 15.0 Å². The number of aromatic nitrogens is 2. The number of methoxy groups -OCH3 is 1. The number of hydrogen-bond acceptors (Lipinski definition) is 6. The Labute approximate surface area is 113 Å². The average Bonchev–Trinajstić information content (AvgIpc) is 2.47. The maximum absolute atomic E-state index is 11.3. The summed E-state index contributed by atoms with van der Waals surface area (Å²) >= 11 is 0. The molecule has 1 saturated heterocycles. The quantitative estimate of drug-likeness (QED) is 0.816. The maximum atomic E-state index is 11.3. The van der Waals surface area contributed by atoms with Gasteiger partial charge in [0.1, 0.15) is 5.82 Å². The lowest BCUT2D eigenvalue weighted by Gasteiger charge is -2.39. The molecule has 0 bridgehead atoms. The number of nitrogens with zero attached hydrogens (tertiary/aromatic N) is 3. The molecule has 1 aromatic heterocycles. The molecule has 1 unspecified atom stereocenters. The summed E-state index contributed by atoms with van der Waals surface area (Å²) in [5, 5.41) is 3.49. The van der Waals surface area contributed by atoms with Gasteiger partial charge in [-0.25, -0.2) is 14.8 Å². The van der Waals surface area contributed by atoms with Crippen LogP contribution in [0.5, 0.6) is 0 Å². The number of carbonyl (C=O) groups excluding carboxylic acids is 1. The molecule has 0 radical (unpaired) electrons. The van der Waals surface area contributed by atoms with Crippen molar-refractivity contribution in [2.24, 2.45) is 0 Å². The van der Waals surface area contributed by atoms with Crippen LogP contribution >= 0.6 is 0 Å². The SMILES string of the molecule is CC[C@H]1CN(c2cnc(C(=O)OC)cn2)C(C)CN1. The number of nitrogens with one attached hydrogen (secondary N) is 1. The van der Waals surface area contributed by atoms with Gasteiger partial charge in [-0.15, -0.1) is 0 Å². The molecule has 2 heterocycles. The lowest BCUT2D eigenvalue weighted by Crippen LogP contribution is -2.55. The third-order valence-corrected chi connectivity index (χ3v) is 3.47. The van der Waals surface area contributed by atoms with E-state index >= 15 is 0 Å². The minimum absolute atomic E-state index is 0.237. The standard InChI is InChI=1S/C13H20N4O2/c1-4-10-8-17(9(2)5-14-10)12-7-15-11(6-16-12)13(18)19-3/h6-7,9-10,14H,4-5,8H2,1-3H3/t9?,10-/m0/s1. The Kier molecular flexibility index (Phi) is 4.31. The van der Waals surface area contributed by atoms with Gasteiger partial charge in [-0.1, -0.05) is 6.92 Å². The van der Waals surface area contributed by atoms with Gasteiger partial charge in [0.2, 0.25) is 0 Å². The molecule has 104 valence electrons. The summed E-state index contributed by atoms with van der Waals surface area (Å²) in [6, 6.07) is 0.833. The molecule has 1 aromatic rings. The van der Waals surface area contributed by atoms with Gasteiger partial charge in [0, 0.05) is 25.2 Å². The number of anilines is 1. The van der Waals surface area contributed by atoms with Crippen LogP contribution in [0.15, 0.2) is 12.4 Å². The van der Waals surface area contributed by atoms with E-state index < -0.39 is 5.97 Å². The van der Waals surface area contributed by atoms with Gasteiger partial charge in [0.25, 0.3) is 0 Å². The zero-order chi connectivity index (χ0) is 13.8. The highest BCUT2D eigenvalue weighted by molar-refractivity contribution is 5.86. The van der Waals surface area contributed by atoms with Crippen LogP contribution in [0.4, 0.5) is 5.82 Å². The predicted octanol–water partition coefficient (Wildman–Crippen LogP) is 0.840. The van der Waals surface area contributed by atoms with Crippen LogP contribution < -0.4 is 10.2 Å². The Morgan fingerprint density at radius 1 is 1.53 bits per heavy atom. The van der Waals surface area contributed by atoms with Gasteiger partial charge in [0.05, 0.1) is 19.5 Å². The minimum Gasteiger partial charge on any atom is -0.464 e. The van der Waals surface area contributed by atoms with E-state index in [1.807, 2.05) is 0 Å². The molecule has 0 spiro atoms. The van der Waals surface area contributed by atoms with Crippen molar-refractivity contribution in [1.29, 1.82) is 0 Å². The molecule has 0 aromatic carbocycles. The summed E-state index contributed by atoms with van der Waals surface area (Å²) in [7, 11) is 1.34. The fraction of sp³-hybridized carbons (Fsp3) is 0.615. The molecular weight excluding hydrogens is 244 g/mol. The van der Waals surface area contributed by atoms with Crippen molar-refractivity contribution >= 4 is 11.8 Å². The first-order chi connectivity index (χ1) is 9.15. The van der Waals surface area contributed by atoms with Crippen molar-refractivity contribution in [3.63, 3.8) is 0 Å². The first-order valence-corrected chi connectivity index (χ1v) is 6.56. The van der Waals surface area contributed by atoms with Crippen molar-refractivity contribution in [2.45, 2.75) is 32.4 Å². The molecule has 1 fully saturated rings. The van der Waals surface area contributed by atoms with E-state index in [2.05, 4.69) is 38.8 Å². The largest absolute Gasteiger partial charge is 0.464 e. The molecule has 1 N–H and O–H groups in total. The zero-order valence-corrected chi connectivity index (χ0v) is 11.6. The Bertz CT molecular complexity index is 435. The van der Waals surface area contributed by atoms with E-state index in [9.17, 15) is 4.79 Å². The molecule has 19 heavy (non-hydrogen) atoms. The minimum atomic E-state index is -0.459. The first-order valence-electron chi connectivity index (χ1n) is 6.56. The van der Waals surface area contributed by atoms with Crippen molar-refractivity contribution in [3.8, 4) is 0 Å². The number of piperazine rings is 1. The molecule has 1 aliphatic heterocycles. The highest BCUT2D eigenvalue weighted by Crippen LogP contribution is 2.17. The van der Waals surface area contributed by atoms with E-state index in [1.165, 1.54) is 13.3 Å². The van der Waals surface area contributed by atoms with Gasteiger partial charge in [-0.2, -0.15) is 0 Å². The van der Waals surface area contributed by atoms with E-state index in [1.54, 1.807) is 6.20 Å². The summed E-state index contributed by atoms with van der Waals surface area (Å²) in [4.78, 5) is 22.0. The van der Waals surface area contributed by atoms with E-state index in [0.29, 0.717) is 12.1 Å². The smallest absolute Gasteiger partial charge is 0.358 e. The lowest BCUT2D eigenvalue weighted by molar-refractivity contribution is 0.0593. The van der Waals surface area contributed by atoms with Crippen LogP contribution in [-0.2, 0) is 4.74 Å². The third-order valence-electron chi connectivity index (χ3n) is 3.47. The number of esters is 1. The van der Waals surface area contributed by atoms with Gasteiger partial charge in [-0.3, -0.25) is 0 Å². The lowest BCUT2D eigenvalue weighted by atomic mass is 10.1. The predicted molar refractivity (Wildman–Crippen MR) is 72.3 cm³/mol. The highest BCUT2D eigenvalue weighted by atomic mass is 16.5. The van der Waals surface area contributed by atoms with Crippen molar-refractivity contribution < 1.29 is 9.53 Å². The number of ether oxygens (including phenoxy) is 1. The van der Waals surface area contributed by atoms with Gasteiger partial charge in [0.15, 0.2) is 5.69 Å². The topological polar surface area (TPSA) is 67.4 Å². The summed E-state index contributed by atoms with van der Waals surface area (Å²) in [6.45, 7) is 6.15. The second-order valence-corrected chi connectivity index (χ2v) is 4.77. The van der Waals surface area contributed by atoms with Crippen molar-refractivity contribution in [3.05, 3.63) is 18.1 Å². The van der Waals surface area contributed by atoms with E-state index in [0.717, 1.165) is 25.3 Å². The molecule has 0 saturated carbocycles. The van der Waals surface area contributed by atoms with Crippen molar-refractivity contribution in [2.75, 3.05) is 25.1 Å². The Morgan fingerprint density at radius 3 is 2.89 bits per heavy atom. The van der Waals surface area contributed by atoms with Crippen LogP contribution in [0.3, 0.4) is 0 Å². The molecular formula is C13H20N4O2. The zero-order valence-electron chi connectivity index (χ0n) is 11.6. The second kappa shape index (κ2) is 5.97. The third kappa shape index (κ3) is 3.01. The normalized spacial score (nSPS) is 23.2. The maximum Gasteiger partial charge on any atom is 0.358 e. The van der Waals surface area contributed by atoms with E-state index in [-0.39, 0.29) is 5.69 Å². The van der Waals surface area contributed by atoms with Gasteiger partial charge in [-0.05, 0) is 13.3 Å². The van der Waals surface area contributed by atoms with Crippen LogP contribution in [-0.4, -0.2) is 48.2 Å². The number of carbonyl (C=O) groups is 1. The number of rotatable bonds is 3. The summed E-state index contributed by atoms with van der Waals surface area (Å²) in [6.07, 6.45) is 4.19. The molecule has 0 amide bonds. The fourth-order valence-corrected chi connectivity index (χ4v) is 2.20. The molecule has 1 aliphatic rings. The van der Waals surface area contributed by atoms with Gasteiger partial charge >= 0.3 is 5.97 Å². The fourth-order valence-electron chi connectivity index (χ4n) is 2.20. The summed E-state index contributed by atoms with van der Waals surface area (Å²) < 4.78 is 4.61. The monoisotopic (exact) mass is 264 g/mol.